The van der Waals surface area contributed by atoms with Crippen molar-refractivity contribution >= 4 is 15.5 Å². The highest BCUT2D eigenvalue weighted by Gasteiger charge is 2.48. The number of para-hydroxylation sites is 1. The Balaban J connectivity index is 2.09. The standard InChI is InChI=1S/C19H15F3N2O2S/c20-19(21,22)27(25,26)17-12-5-4-10-15(17)24-18(14-8-2-1-3-9-14)16-11-6-7-13-23-16/h1-13,18,24H. The van der Waals surface area contributed by atoms with E-state index in [1.807, 2.05) is 0 Å². The molecule has 0 fully saturated rings. The molecule has 1 heterocycles. The van der Waals surface area contributed by atoms with Crippen molar-refractivity contribution in [2.45, 2.75) is 16.4 Å². The number of nitrogens with zero attached hydrogens (tertiary/aromatic N) is 1. The Morgan fingerprint density at radius 2 is 1.48 bits per heavy atom. The second-order valence-electron chi connectivity index (χ2n) is 5.69. The highest BCUT2D eigenvalue weighted by Crippen LogP contribution is 2.36. The average molecular weight is 392 g/mol. The number of rotatable bonds is 5. The average Bonchev–Trinajstić information content (AvgIpc) is 2.67. The summed E-state index contributed by atoms with van der Waals surface area (Å²) in [5.74, 6) is 0. The molecule has 140 valence electrons. The molecule has 0 saturated heterocycles. The van der Waals surface area contributed by atoms with Gasteiger partial charge in [0.25, 0.3) is 9.84 Å². The minimum atomic E-state index is -5.50. The Labute approximate surface area is 154 Å². The van der Waals surface area contributed by atoms with Gasteiger partial charge in [-0.1, -0.05) is 48.5 Å². The molecule has 3 aromatic rings. The van der Waals surface area contributed by atoms with Crippen LogP contribution in [-0.4, -0.2) is 18.9 Å². The van der Waals surface area contributed by atoms with E-state index in [0.717, 1.165) is 11.6 Å². The van der Waals surface area contributed by atoms with Gasteiger partial charge in [0.1, 0.15) is 0 Å². The van der Waals surface area contributed by atoms with E-state index in [9.17, 15) is 21.6 Å². The first-order valence-electron chi connectivity index (χ1n) is 7.93. The summed E-state index contributed by atoms with van der Waals surface area (Å²) in [5.41, 5.74) is -4.26. The number of sulfone groups is 1. The normalized spacial score (nSPS) is 13.1. The van der Waals surface area contributed by atoms with Gasteiger partial charge >= 0.3 is 5.51 Å². The van der Waals surface area contributed by atoms with Crippen molar-refractivity contribution in [1.82, 2.24) is 4.98 Å². The Morgan fingerprint density at radius 1 is 0.852 bits per heavy atom. The van der Waals surface area contributed by atoms with Crippen LogP contribution in [0.25, 0.3) is 0 Å². The molecule has 2 aromatic carbocycles. The van der Waals surface area contributed by atoms with Gasteiger partial charge in [-0.2, -0.15) is 13.2 Å². The van der Waals surface area contributed by atoms with E-state index >= 15 is 0 Å². The minimum absolute atomic E-state index is 0.144. The number of hydrogen-bond acceptors (Lipinski definition) is 4. The zero-order chi connectivity index (χ0) is 19.5. The number of alkyl halides is 3. The Morgan fingerprint density at radius 3 is 2.11 bits per heavy atom. The zero-order valence-corrected chi connectivity index (χ0v) is 14.7. The van der Waals surface area contributed by atoms with Crippen molar-refractivity contribution in [3.63, 3.8) is 0 Å². The molecule has 0 spiro atoms. The van der Waals surface area contributed by atoms with Gasteiger partial charge in [0.2, 0.25) is 0 Å². The number of anilines is 1. The van der Waals surface area contributed by atoms with Crippen molar-refractivity contribution < 1.29 is 21.6 Å². The fourth-order valence-corrected chi connectivity index (χ4v) is 3.54. The molecule has 1 unspecified atom stereocenters. The van der Waals surface area contributed by atoms with E-state index in [1.54, 1.807) is 54.7 Å². The van der Waals surface area contributed by atoms with Crippen molar-refractivity contribution in [2.75, 3.05) is 5.32 Å². The molecule has 0 aliphatic carbocycles. The number of pyridine rings is 1. The summed E-state index contributed by atoms with van der Waals surface area (Å²) in [6.07, 6.45) is 1.56. The molecular formula is C19H15F3N2O2S. The Bertz CT molecular complexity index is 968. The monoisotopic (exact) mass is 392 g/mol. The first kappa shape index (κ1) is 18.9. The summed E-state index contributed by atoms with van der Waals surface area (Å²) in [6, 6.07) is 18.5. The van der Waals surface area contributed by atoms with E-state index in [-0.39, 0.29) is 5.69 Å². The van der Waals surface area contributed by atoms with Crippen LogP contribution in [0.1, 0.15) is 17.3 Å². The van der Waals surface area contributed by atoms with Gasteiger partial charge in [-0.3, -0.25) is 4.98 Å². The third-order valence-corrected chi connectivity index (χ3v) is 5.44. The van der Waals surface area contributed by atoms with Crippen molar-refractivity contribution in [3.05, 3.63) is 90.3 Å². The van der Waals surface area contributed by atoms with Gasteiger partial charge in [-0.25, -0.2) is 8.42 Å². The van der Waals surface area contributed by atoms with Crippen molar-refractivity contribution in [1.29, 1.82) is 0 Å². The lowest BCUT2D eigenvalue weighted by molar-refractivity contribution is -0.0435. The van der Waals surface area contributed by atoms with Crippen LogP contribution >= 0.6 is 0 Å². The molecular weight excluding hydrogens is 377 g/mol. The molecule has 1 N–H and O–H groups in total. The summed E-state index contributed by atoms with van der Waals surface area (Å²) in [5, 5.41) is 2.92. The molecule has 0 aliphatic rings. The predicted octanol–water partition coefficient (Wildman–Crippen LogP) is 4.58. The van der Waals surface area contributed by atoms with E-state index < -0.39 is 26.3 Å². The van der Waals surface area contributed by atoms with E-state index in [4.69, 9.17) is 0 Å². The van der Waals surface area contributed by atoms with E-state index in [1.165, 1.54) is 18.2 Å². The summed E-state index contributed by atoms with van der Waals surface area (Å²) in [4.78, 5) is 3.43. The maximum Gasteiger partial charge on any atom is 0.501 e. The van der Waals surface area contributed by atoms with Crippen LogP contribution in [0.4, 0.5) is 18.9 Å². The maximum absolute atomic E-state index is 13.1. The van der Waals surface area contributed by atoms with Crippen LogP contribution in [0.3, 0.4) is 0 Å². The third kappa shape index (κ3) is 3.95. The van der Waals surface area contributed by atoms with Crippen LogP contribution in [0.2, 0.25) is 0 Å². The molecule has 0 amide bonds. The minimum Gasteiger partial charge on any atom is -0.372 e. The van der Waals surface area contributed by atoms with Gasteiger partial charge in [0, 0.05) is 6.20 Å². The molecule has 3 rings (SSSR count). The lowest BCUT2D eigenvalue weighted by atomic mass is 10.0. The number of halogens is 3. The number of hydrogen-bond donors (Lipinski definition) is 1. The molecule has 1 aromatic heterocycles. The molecule has 4 nitrogen and oxygen atoms in total. The highest BCUT2D eigenvalue weighted by atomic mass is 32.2. The lowest BCUT2D eigenvalue weighted by Gasteiger charge is -2.22. The highest BCUT2D eigenvalue weighted by molar-refractivity contribution is 7.92. The van der Waals surface area contributed by atoms with Gasteiger partial charge in [-0.15, -0.1) is 0 Å². The van der Waals surface area contributed by atoms with Gasteiger partial charge < -0.3 is 5.32 Å². The SMILES string of the molecule is O=S(=O)(c1ccccc1NC(c1ccccc1)c1ccccn1)C(F)(F)F. The van der Waals surface area contributed by atoms with Crippen LogP contribution in [0.15, 0.2) is 83.9 Å². The lowest BCUT2D eigenvalue weighted by Crippen LogP contribution is -2.25. The van der Waals surface area contributed by atoms with Gasteiger partial charge in [0.15, 0.2) is 0 Å². The van der Waals surface area contributed by atoms with Crippen LogP contribution in [-0.2, 0) is 9.84 Å². The van der Waals surface area contributed by atoms with Crippen molar-refractivity contribution in [2.24, 2.45) is 0 Å². The predicted molar refractivity (Wildman–Crippen MR) is 95.8 cm³/mol. The zero-order valence-electron chi connectivity index (χ0n) is 13.9. The molecule has 1 atom stereocenters. The van der Waals surface area contributed by atoms with Gasteiger partial charge in [0.05, 0.1) is 22.3 Å². The van der Waals surface area contributed by atoms with Gasteiger partial charge in [-0.05, 0) is 29.8 Å². The smallest absolute Gasteiger partial charge is 0.372 e. The van der Waals surface area contributed by atoms with Crippen LogP contribution < -0.4 is 5.32 Å². The summed E-state index contributed by atoms with van der Waals surface area (Å²) in [7, 11) is -5.50. The van der Waals surface area contributed by atoms with Crippen LogP contribution in [0, 0.1) is 0 Å². The molecule has 8 heteroatoms. The summed E-state index contributed by atoms with van der Waals surface area (Å²) >= 11 is 0. The fraction of sp³-hybridized carbons (Fsp3) is 0.105. The Hall–Kier alpha value is -2.87. The fourth-order valence-electron chi connectivity index (χ4n) is 2.62. The second-order valence-corrected chi connectivity index (χ2v) is 7.60. The Kier molecular flexibility index (Phi) is 5.18. The van der Waals surface area contributed by atoms with Crippen LogP contribution in [0.5, 0.6) is 0 Å². The number of nitrogens with one attached hydrogen (secondary N) is 1. The molecule has 27 heavy (non-hydrogen) atoms. The molecule has 0 bridgehead atoms. The number of benzene rings is 2. The first-order chi connectivity index (χ1) is 12.8. The largest absolute Gasteiger partial charge is 0.501 e. The molecule has 0 radical (unpaired) electrons. The first-order valence-corrected chi connectivity index (χ1v) is 9.42. The van der Waals surface area contributed by atoms with E-state index in [2.05, 4.69) is 10.3 Å². The summed E-state index contributed by atoms with van der Waals surface area (Å²) in [6.45, 7) is 0. The van der Waals surface area contributed by atoms with Crippen molar-refractivity contribution in [3.8, 4) is 0 Å². The molecule has 0 aliphatic heterocycles. The topological polar surface area (TPSA) is 59.1 Å². The number of aromatic nitrogens is 1. The quantitative estimate of drug-likeness (QED) is 0.691. The maximum atomic E-state index is 13.1. The molecule has 0 saturated carbocycles. The third-order valence-electron chi connectivity index (χ3n) is 3.90. The summed E-state index contributed by atoms with van der Waals surface area (Å²) < 4.78 is 63.1. The van der Waals surface area contributed by atoms with E-state index in [0.29, 0.717) is 5.69 Å². The second kappa shape index (κ2) is 7.40.